The van der Waals surface area contributed by atoms with Gasteiger partial charge in [0.1, 0.15) is 11.8 Å². The fourth-order valence-electron chi connectivity index (χ4n) is 8.30. The average Bonchev–Trinajstić information content (AvgIpc) is 3.39. The molecule has 6 heterocycles. The van der Waals surface area contributed by atoms with Crippen molar-refractivity contribution in [3.8, 4) is 5.75 Å². The van der Waals surface area contributed by atoms with E-state index < -0.39 is 23.8 Å². The smallest absolute Gasteiger partial charge is 0.262 e. The van der Waals surface area contributed by atoms with Gasteiger partial charge in [-0.15, -0.1) is 0 Å². The molecule has 2 N–H and O–H groups in total. The van der Waals surface area contributed by atoms with Gasteiger partial charge < -0.3 is 24.8 Å². The van der Waals surface area contributed by atoms with Crippen LogP contribution in [0.1, 0.15) is 46.4 Å². The first kappa shape index (κ1) is 35.3. The molecule has 53 heavy (non-hydrogen) atoms. The number of fused-ring (bicyclic) bond motifs is 1. The number of rotatable bonds is 10. The first-order chi connectivity index (χ1) is 25.7. The van der Waals surface area contributed by atoms with E-state index in [-0.39, 0.29) is 18.7 Å². The van der Waals surface area contributed by atoms with Crippen molar-refractivity contribution in [3.63, 3.8) is 0 Å². The van der Waals surface area contributed by atoms with Crippen molar-refractivity contribution in [1.29, 1.82) is 0 Å². The molecule has 0 aliphatic carbocycles. The van der Waals surface area contributed by atoms with Gasteiger partial charge in [-0.2, -0.15) is 0 Å². The van der Waals surface area contributed by atoms with E-state index in [2.05, 4.69) is 52.3 Å². The largest absolute Gasteiger partial charge is 0.494 e. The maximum Gasteiger partial charge on any atom is 0.262 e. The second kappa shape index (κ2) is 14.9. The van der Waals surface area contributed by atoms with E-state index in [1.165, 1.54) is 12.8 Å². The number of anilines is 4. The standard InChI is InChI=1S/C38H44ClN9O5/c1-53-33-17-28(3-5-31(33)42-38-40-18-26(39)19-41-38)46-14-12-45(13-15-46)20-24-8-10-44(11-9-24)21-25-22-47(23-25)27-2-4-29-30(16-27)37(52)48(36(29)51)32-6-7-34(49)43-35(32)50/h2-5,16-19,24-25,32H,6-15,20-23H2,1H3,(H,40,41,42)(H,43,49,50). The first-order valence-corrected chi connectivity index (χ1v) is 18.8. The molecule has 1 aromatic heterocycles. The number of ether oxygens (including phenoxy) is 1. The number of nitrogens with one attached hydrogen (secondary N) is 2. The van der Waals surface area contributed by atoms with Crippen LogP contribution < -0.4 is 25.2 Å². The Morgan fingerprint density at radius 3 is 2.17 bits per heavy atom. The molecule has 4 fully saturated rings. The van der Waals surface area contributed by atoms with E-state index in [1.54, 1.807) is 31.6 Å². The van der Waals surface area contributed by atoms with Crippen molar-refractivity contribution in [1.82, 2.24) is 30.0 Å². The highest BCUT2D eigenvalue weighted by Crippen LogP contribution is 2.35. The van der Waals surface area contributed by atoms with E-state index in [9.17, 15) is 19.2 Å². The zero-order valence-electron chi connectivity index (χ0n) is 29.8. The van der Waals surface area contributed by atoms with Crippen LogP contribution in [-0.4, -0.2) is 127 Å². The van der Waals surface area contributed by atoms with Crippen molar-refractivity contribution < 1.29 is 23.9 Å². The zero-order valence-corrected chi connectivity index (χ0v) is 30.6. The van der Waals surface area contributed by atoms with Gasteiger partial charge in [0.25, 0.3) is 11.8 Å². The maximum atomic E-state index is 13.3. The van der Waals surface area contributed by atoms with E-state index >= 15 is 0 Å². The first-order valence-electron chi connectivity index (χ1n) is 18.4. The molecule has 5 aliphatic heterocycles. The van der Waals surface area contributed by atoms with Gasteiger partial charge in [-0.1, -0.05) is 11.6 Å². The Morgan fingerprint density at radius 2 is 1.45 bits per heavy atom. The molecular formula is C38H44ClN9O5. The molecule has 0 bridgehead atoms. The Labute approximate surface area is 313 Å². The van der Waals surface area contributed by atoms with Crippen LogP contribution in [-0.2, 0) is 9.59 Å². The van der Waals surface area contributed by atoms with Crippen molar-refractivity contribution in [2.75, 3.05) is 87.7 Å². The molecule has 0 spiro atoms. The highest BCUT2D eigenvalue weighted by atomic mass is 35.5. The van der Waals surface area contributed by atoms with Gasteiger partial charge in [0.15, 0.2) is 0 Å². The number of aromatic nitrogens is 2. The van der Waals surface area contributed by atoms with Crippen LogP contribution in [0.4, 0.5) is 23.0 Å². The minimum Gasteiger partial charge on any atom is -0.494 e. The number of hydrogen-bond donors (Lipinski definition) is 2. The molecule has 1 unspecified atom stereocenters. The van der Waals surface area contributed by atoms with Gasteiger partial charge in [-0.3, -0.25) is 34.3 Å². The van der Waals surface area contributed by atoms with E-state index in [0.717, 1.165) is 93.2 Å². The summed E-state index contributed by atoms with van der Waals surface area (Å²) < 4.78 is 5.68. The quantitative estimate of drug-likeness (QED) is 0.295. The lowest BCUT2D eigenvalue weighted by atomic mass is 9.93. The molecule has 3 aromatic rings. The third-order valence-electron chi connectivity index (χ3n) is 11.3. The second-order valence-electron chi connectivity index (χ2n) is 14.7. The van der Waals surface area contributed by atoms with Gasteiger partial charge in [0.05, 0.1) is 41.3 Å². The van der Waals surface area contributed by atoms with Gasteiger partial charge in [0, 0.05) is 82.1 Å². The number of piperidine rings is 2. The predicted molar refractivity (Wildman–Crippen MR) is 200 cm³/mol. The van der Waals surface area contributed by atoms with Crippen molar-refractivity contribution >= 4 is 58.2 Å². The van der Waals surface area contributed by atoms with Crippen LogP contribution in [0.25, 0.3) is 0 Å². The van der Waals surface area contributed by atoms with Gasteiger partial charge >= 0.3 is 0 Å². The molecule has 8 rings (SSSR count). The number of methoxy groups -OCH3 is 1. The Hall–Kier alpha value is -4.79. The molecule has 14 nitrogen and oxygen atoms in total. The topological polar surface area (TPSA) is 144 Å². The average molecular weight is 742 g/mol. The van der Waals surface area contributed by atoms with Crippen molar-refractivity contribution in [2.24, 2.45) is 11.8 Å². The van der Waals surface area contributed by atoms with Crippen LogP contribution in [0.15, 0.2) is 48.8 Å². The van der Waals surface area contributed by atoms with Gasteiger partial charge in [-0.05, 0) is 68.6 Å². The third kappa shape index (κ3) is 7.40. The highest BCUT2D eigenvalue weighted by Gasteiger charge is 2.45. The second-order valence-corrected chi connectivity index (χ2v) is 15.2. The lowest BCUT2D eigenvalue weighted by Gasteiger charge is -2.45. The number of piperazine rings is 1. The fraction of sp³-hybridized carbons (Fsp3) is 0.474. The summed E-state index contributed by atoms with van der Waals surface area (Å²) in [6.07, 6.45) is 5.80. The van der Waals surface area contributed by atoms with E-state index in [4.69, 9.17) is 16.3 Å². The van der Waals surface area contributed by atoms with E-state index in [1.807, 2.05) is 12.1 Å². The number of halogens is 1. The normalized spacial score (nSPS) is 21.8. The van der Waals surface area contributed by atoms with Gasteiger partial charge in [0.2, 0.25) is 17.8 Å². The molecule has 15 heteroatoms. The Bertz CT molecular complexity index is 1890. The number of imide groups is 2. The number of likely N-dealkylation sites (tertiary alicyclic amines) is 1. The summed E-state index contributed by atoms with van der Waals surface area (Å²) in [5, 5.41) is 5.94. The Balaban J connectivity index is 0.759. The Kier molecular flexibility index (Phi) is 9.92. The molecule has 1 atom stereocenters. The molecule has 4 saturated heterocycles. The summed E-state index contributed by atoms with van der Waals surface area (Å²) in [4.78, 5) is 69.6. The maximum absolute atomic E-state index is 13.3. The minimum absolute atomic E-state index is 0.107. The molecule has 5 aliphatic rings. The molecule has 278 valence electrons. The lowest BCUT2D eigenvalue weighted by molar-refractivity contribution is -0.136. The third-order valence-corrected chi connectivity index (χ3v) is 11.5. The summed E-state index contributed by atoms with van der Waals surface area (Å²) in [7, 11) is 1.67. The number of nitrogens with zero attached hydrogens (tertiary/aromatic N) is 7. The molecular weight excluding hydrogens is 698 g/mol. The summed E-state index contributed by atoms with van der Waals surface area (Å²) >= 11 is 5.92. The van der Waals surface area contributed by atoms with Crippen molar-refractivity contribution in [2.45, 2.75) is 31.7 Å². The number of hydrogen-bond acceptors (Lipinski definition) is 12. The molecule has 2 aromatic carbocycles. The monoisotopic (exact) mass is 741 g/mol. The van der Waals surface area contributed by atoms with Crippen LogP contribution in [0.5, 0.6) is 5.75 Å². The highest BCUT2D eigenvalue weighted by molar-refractivity contribution is 6.30. The summed E-state index contributed by atoms with van der Waals surface area (Å²) in [6, 6.07) is 10.6. The fourth-order valence-corrected chi connectivity index (χ4v) is 8.40. The number of carbonyl (C=O) groups is 4. The van der Waals surface area contributed by atoms with Gasteiger partial charge in [-0.25, -0.2) is 9.97 Å². The molecule has 0 radical (unpaired) electrons. The Morgan fingerprint density at radius 1 is 0.792 bits per heavy atom. The number of benzene rings is 2. The van der Waals surface area contributed by atoms with E-state index in [0.29, 0.717) is 33.9 Å². The van der Waals surface area contributed by atoms with Crippen molar-refractivity contribution in [3.05, 3.63) is 64.9 Å². The predicted octanol–water partition coefficient (Wildman–Crippen LogP) is 3.25. The minimum atomic E-state index is -0.951. The molecule has 0 saturated carbocycles. The number of amides is 4. The summed E-state index contributed by atoms with van der Waals surface area (Å²) in [5.41, 5.74) is 3.51. The van der Waals surface area contributed by atoms with Crippen LogP contribution >= 0.6 is 11.6 Å². The SMILES string of the molecule is COc1cc(N2CCN(CC3CCN(CC4CN(c5ccc6c(c5)C(=O)N(C5CCC(=O)NC5=O)C6=O)C4)CC3)CC2)ccc1Nc1ncc(Cl)cn1. The number of carbonyl (C=O) groups excluding carboxylic acids is 4. The summed E-state index contributed by atoms with van der Waals surface area (Å²) in [6.45, 7) is 10.3. The summed E-state index contributed by atoms with van der Waals surface area (Å²) in [5.74, 6) is 0.560. The lowest BCUT2D eigenvalue weighted by Crippen LogP contribution is -2.54. The molecule has 4 amide bonds. The van der Waals surface area contributed by atoms with Crippen LogP contribution in [0, 0.1) is 11.8 Å². The van der Waals surface area contributed by atoms with Crippen LogP contribution in [0.3, 0.4) is 0 Å². The van der Waals surface area contributed by atoms with Crippen LogP contribution in [0.2, 0.25) is 5.02 Å². The zero-order chi connectivity index (χ0) is 36.6.